The van der Waals surface area contributed by atoms with Crippen LogP contribution in [0.4, 0.5) is 5.69 Å². The van der Waals surface area contributed by atoms with Crippen molar-refractivity contribution < 1.29 is 0 Å². The van der Waals surface area contributed by atoms with Crippen molar-refractivity contribution in [2.75, 3.05) is 12.4 Å². The molecule has 0 amide bonds. The van der Waals surface area contributed by atoms with Crippen molar-refractivity contribution in [1.82, 2.24) is 4.98 Å². The Morgan fingerprint density at radius 2 is 2.20 bits per heavy atom. The predicted molar refractivity (Wildman–Crippen MR) is 73.4 cm³/mol. The van der Waals surface area contributed by atoms with Gasteiger partial charge in [0, 0.05) is 27.4 Å². The Morgan fingerprint density at radius 1 is 1.40 bits per heavy atom. The maximum atomic E-state index is 4.65. The quantitative estimate of drug-likeness (QED) is 0.859. The van der Waals surface area contributed by atoms with E-state index in [-0.39, 0.29) is 0 Å². The number of pyridine rings is 1. The van der Waals surface area contributed by atoms with E-state index in [0.717, 1.165) is 23.3 Å². The van der Waals surface area contributed by atoms with E-state index in [0.29, 0.717) is 0 Å². The van der Waals surface area contributed by atoms with Gasteiger partial charge in [-0.1, -0.05) is 19.1 Å². The van der Waals surface area contributed by atoms with E-state index in [2.05, 4.69) is 64.1 Å². The first-order chi connectivity index (χ1) is 7.26. The van der Waals surface area contributed by atoms with Gasteiger partial charge >= 0.3 is 0 Å². The summed E-state index contributed by atoms with van der Waals surface area (Å²) >= 11 is 2.33. The molecule has 0 atom stereocenters. The van der Waals surface area contributed by atoms with E-state index in [1.165, 1.54) is 8.96 Å². The summed E-state index contributed by atoms with van der Waals surface area (Å²) in [6.07, 6.45) is 0.968. The molecule has 0 saturated carbocycles. The summed E-state index contributed by atoms with van der Waals surface area (Å²) in [6, 6.07) is 8.39. The smallest absolute Gasteiger partial charge is 0.0859 e. The summed E-state index contributed by atoms with van der Waals surface area (Å²) in [5.41, 5.74) is 3.40. The fraction of sp³-hybridized carbons (Fsp3) is 0.250. The van der Waals surface area contributed by atoms with E-state index >= 15 is 0 Å². The minimum Gasteiger partial charge on any atom is -0.388 e. The van der Waals surface area contributed by atoms with Gasteiger partial charge in [-0.05, 0) is 41.1 Å². The minimum atomic E-state index is 0.968. The van der Waals surface area contributed by atoms with Crippen LogP contribution in [0.15, 0.2) is 24.3 Å². The number of fused-ring (bicyclic) bond motifs is 1. The molecule has 0 aliphatic heterocycles. The molecule has 15 heavy (non-hydrogen) atoms. The fourth-order valence-corrected chi connectivity index (χ4v) is 2.27. The van der Waals surface area contributed by atoms with Gasteiger partial charge in [-0.15, -0.1) is 0 Å². The van der Waals surface area contributed by atoms with Crippen LogP contribution < -0.4 is 5.32 Å². The number of aryl methyl sites for hydroxylation is 1. The summed E-state index contributed by atoms with van der Waals surface area (Å²) in [5, 5.41) is 4.42. The molecule has 2 aromatic rings. The van der Waals surface area contributed by atoms with Gasteiger partial charge in [0.2, 0.25) is 0 Å². The highest BCUT2D eigenvalue weighted by atomic mass is 127. The molecule has 1 heterocycles. The first-order valence-corrected chi connectivity index (χ1v) is 6.10. The molecule has 0 aliphatic rings. The number of aromatic nitrogens is 1. The minimum absolute atomic E-state index is 0.968. The van der Waals surface area contributed by atoms with Crippen LogP contribution >= 0.6 is 22.6 Å². The van der Waals surface area contributed by atoms with Crippen molar-refractivity contribution in [3.63, 3.8) is 0 Å². The zero-order chi connectivity index (χ0) is 10.8. The molecule has 0 saturated heterocycles. The normalized spacial score (nSPS) is 10.6. The summed E-state index contributed by atoms with van der Waals surface area (Å²) in [6.45, 7) is 2.13. The second-order valence-electron chi connectivity index (χ2n) is 3.40. The molecule has 1 aromatic heterocycles. The third-order valence-electron chi connectivity index (χ3n) is 2.47. The van der Waals surface area contributed by atoms with Crippen molar-refractivity contribution in [1.29, 1.82) is 0 Å². The van der Waals surface area contributed by atoms with Gasteiger partial charge in [0.05, 0.1) is 5.52 Å². The Labute approximate surface area is 103 Å². The summed E-state index contributed by atoms with van der Waals surface area (Å²) in [5.74, 6) is 0. The number of nitrogens with one attached hydrogen (secondary N) is 1. The highest BCUT2D eigenvalue weighted by Crippen LogP contribution is 2.26. The number of benzene rings is 1. The van der Waals surface area contributed by atoms with Crippen LogP contribution in [0.25, 0.3) is 10.9 Å². The number of para-hydroxylation sites is 1. The second kappa shape index (κ2) is 4.35. The molecule has 2 nitrogen and oxygen atoms in total. The van der Waals surface area contributed by atoms with Gasteiger partial charge in [0.15, 0.2) is 0 Å². The lowest BCUT2D eigenvalue weighted by Crippen LogP contribution is -1.96. The molecule has 0 unspecified atom stereocenters. The van der Waals surface area contributed by atoms with Gasteiger partial charge in [0.1, 0.15) is 0 Å². The van der Waals surface area contributed by atoms with Crippen molar-refractivity contribution in [2.45, 2.75) is 13.3 Å². The first kappa shape index (κ1) is 10.7. The third kappa shape index (κ3) is 1.93. The monoisotopic (exact) mass is 312 g/mol. The SMILES string of the molecule is CCc1cc(NC)c2cccc(I)c2n1. The van der Waals surface area contributed by atoms with Gasteiger partial charge in [0.25, 0.3) is 0 Å². The van der Waals surface area contributed by atoms with Gasteiger partial charge in [-0.3, -0.25) is 4.98 Å². The Morgan fingerprint density at radius 3 is 2.87 bits per heavy atom. The zero-order valence-corrected chi connectivity index (χ0v) is 11.0. The van der Waals surface area contributed by atoms with E-state index in [9.17, 15) is 0 Å². The van der Waals surface area contributed by atoms with Crippen LogP contribution in [0.2, 0.25) is 0 Å². The molecule has 78 valence electrons. The van der Waals surface area contributed by atoms with Crippen molar-refractivity contribution >= 4 is 39.2 Å². The molecule has 2 rings (SSSR count). The molecule has 0 fully saturated rings. The van der Waals surface area contributed by atoms with E-state index in [4.69, 9.17) is 0 Å². The predicted octanol–water partition coefficient (Wildman–Crippen LogP) is 3.44. The van der Waals surface area contributed by atoms with Gasteiger partial charge in [-0.25, -0.2) is 0 Å². The summed E-state index contributed by atoms with van der Waals surface area (Å²) < 4.78 is 1.21. The number of hydrogen-bond acceptors (Lipinski definition) is 2. The molecule has 0 spiro atoms. The Balaban J connectivity index is 2.80. The van der Waals surface area contributed by atoms with Crippen molar-refractivity contribution in [3.05, 3.63) is 33.5 Å². The fourth-order valence-electron chi connectivity index (χ4n) is 1.65. The Kier molecular flexibility index (Phi) is 3.09. The van der Waals surface area contributed by atoms with Crippen LogP contribution in [-0.4, -0.2) is 12.0 Å². The molecule has 0 aliphatic carbocycles. The maximum absolute atomic E-state index is 4.65. The highest BCUT2D eigenvalue weighted by Gasteiger charge is 2.05. The topological polar surface area (TPSA) is 24.9 Å². The van der Waals surface area contributed by atoms with Crippen LogP contribution in [-0.2, 0) is 6.42 Å². The second-order valence-corrected chi connectivity index (χ2v) is 4.56. The summed E-state index contributed by atoms with van der Waals surface area (Å²) in [4.78, 5) is 4.65. The lowest BCUT2D eigenvalue weighted by atomic mass is 10.1. The average molecular weight is 312 g/mol. The van der Waals surface area contributed by atoms with E-state index in [1.54, 1.807) is 0 Å². The third-order valence-corrected chi connectivity index (χ3v) is 3.35. The Hall–Kier alpha value is -0.840. The Bertz CT molecular complexity index is 494. The van der Waals surface area contributed by atoms with E-state index in [1.807, 2.05) is 7.05 Å². The average Bonchev–Trinajstić information content (AvgIpc) is 2.28. The number of nitrogens with zero attached hydrogens (tertiary/aromatic N) is 1. The van der Waals surface area contributed by atoms with Gasteiger partial charge < -0.3 is 5.32 Å². The first-order valence-electron chi connectivity index (χ1n) is 5.02. The number of rotatable bonds is 2. The molecular weight excluding hydrogens is 299 g/mol. The number of anilines is 1. The number of hydrogen-bond donors (Lipinski definition) is 1. The number of halogens is 1. The van der Waals surface area contributed by atoms with Crippen LogP contribution in [0, 0.1) is 3.57 Å². The van der Waals surface area contributed by atoms with Crippen LogP contribution in [0.5, 0.6) is 0 Å². The molecule has 1 aromatic carbocycles. The molecule has 0 bridgehead atoms. The maximum Gasteiger partial charge on any atom is 0.0859 e. The van der Waals surface area contributed by atoms with Gasteiger partial charge in [-0.2, -0.15) is 0 Å². The van der Waals surface area contributed by atoms with Crippen molar-refractivity contribution in [3.8, 4) is 0 Å². The summed E-state index contributed by atoms with van der Waals surface area (Å²) in [7, 11) is 1.95. The molecule has 3 heteroatoms. The highest BCUT2D eigenvalue weighted by molar-refractivity contribution is 14.1. The zero-order valence-electron chi connectivity index (χ0n) is 8.84. The largest absolute Gasteiger partial charge is 0.388 e. The van der Waals surface area contributed by atoms with Crippen molar-refractivity contribution in [2.24, 2.45) is 0 Å². The van der Waals surface area contributed by atoms with Crippen LogP contribution in [0.3, 0.4) is 0 Å². The lowest BCUT2D eigenvalue weighted by Gasteiger charge is -2.09. The molecule has 0 radical (unpaired) electrons. The van der Waals surface area contributed by atoms with Crippen LogP contribution in [0.1, 0.15) is 12.6 Å². The molecule has 1 N–H and O–H groups in total. The molecular formula is C12H13IN2. The lowest BCUT2D eigenvalue weighted by molar-refractivity contribution is 1.06. The van der Waals surface area contributed by atoms with E-state index < -0.39 is 0 Å². The standard InChI is InChI=1S/C12H13IN2/c1-3-8-7-11(14-2)9-5-4-6-10(13)12(9)15-8/h4-7H,3H2,1-2H3,(H,14,15).